The Morgan fingerprint density at radius 1 is 1.40 bits per heavy atom. The minimum Gasteiger partial charge on any atom is -0.379 e. The first kappa shape index (κ1) is 15.6. The summed E-state index contributed by atoms with van der Waals surface area (Å²) in [6.07, 6.45) is 1.13. The molecule has 5 nitrogen and oxygen atoms in total. The number of ether oxygens (including phenoxy) is 1. The minimum absolute atomic E-state index is 0.347. The van der Waals surface area contributed by atoms with Crippen LogP contribution in [0.25, 0.3) is 0 Å². The lowest BCUT2D eigenvalue weighted by Crippen LogP contribution is -2.60. The molecule has 0 aromatic carbocycles. The van der Waals surface area contributed by atoms with Gasteiger partial charge in [0.15, 0.2) is 14.7 Å². The van der Waals surface area contributed by atoms with Crippen molar-refractivity contribution in [3.05, 3.63) is 21.9 Å². The lowest BCUT2D eigenvalue weighted by Gasteiger charge is -2.40. The third-order valence-corrected chi connectivity index (χ3v) is 6.65. The van der Waals surface area contributed by atoms with Crippen molar-refractivity contribution in [2.24, 2.45) is 0 Å². The number of carbonyl (C=O) groups is 1. The van der Waals surface area contributed by atoms with Crippen LogP contribution in [0.15, 0.2) is 11.4 Å². The molecule has 1 saturated heterocycles. The highest BCUT2D eigenvalue weighted by Gasteiger charge is 2.49. The van der Waals surface area contributed by atoms with E-state index >= 15 is 0 Å². The van der Waals surface area contributed by atoms with Gasteiger partial charge >= 0.3 is 0 Å². The third kappa shape index (κ3) is 2.67. The molecule has 2 heterocycles. The maximum Gasteiger partial charge on any atom is 0.208 e. The number of nitrogens with zero attached hydrogens (tertiary/aromatic N) is 1. The summed E-state index contributed by atoms with van der Waals surface area (Å²) in [7, 11) is -3.57. The number of rotatable bonds is 4. The first-order valence-electron chi connectivity index (χ1n) is 6.39. The molecule has 7 heteroatoms. The molecule has 1 aliphatic heterocycles. The number of sulfone groups is 1. The molecule has 0 saturated carbocycles. The summed E-state index contributed by atoms with van der Waals surface area (Å²) in [6, 6.07) is 1.75. The molecule has 0 bridgehead atoms. The van der Waals surface area contributed by atoms with E-state index in [-0.39, 0.29) is 5.78 Å². The maximum atomic E-state index is 12.8. The largest absolute Gasteiger partial charge is 0.379 e. The summed E-state index contributed by atoms with van der Waals surface area (Å²) in [5.41, 5.74) is 0.969. The molecule has 1 aromatic rings. The molecule has 1 fully saturated rings. The Morgan fingerprint density at radius 2 is 2.00 bits per heavy atom. The van der Waals surface area contributed by atoms with Gasteiger partial charge in [-0.05, 0) is 30.9 Å². The van der Waals surface area contributed by atoms with Gasteiger partial charge in [0, 0.05) is 19.3 Å². The van der Waals surface area contributed by atoms with Gasteiger partial charge in [-0.2, -0.15) is 0 Å². The molecule has 0 aliphatic carbocycles. The van der Waals surface area contributed by atoms with Crippen LogP contribution < -0.4 is 0 Å². The Kier molecular flexibility index (Phi) is 4.34. The predicted molar refractivity (Wildman–Crippen MR) is 79.0 cm³/mol. The SMILES string of the molecule is Cc1csc(C(=O)C(C)(N2CCOCC2)S(C)(=O)=O)c1. The highest BCUT2D eigenvalue weighted by atomic mass is 32.2. The van der Waals surface area contributed by atoms with Crippen LogP contribution in [0.3, 0.4) is 0 Å². The standard InChI is InChI=1S/C13H19NO4S2/c1-10-8-11(19-9-10)12(15)13(2,20(3,16)17)14-4-6-18-7-5-14/h8-9H,4-7H2,1-3H3. The second-order valence-corrected chi connectivity index (χ2v) is 8.42. The van der Waals surface area contributed by atoms with Crippen molar-refractivity contribution in [2.75, 3.05) is 32.6 Å². The molecule has 1 atom stereocenters. The number of ketones is 1. The van der Waals surface area contributed by atoms with Crippen LogP contribution in [0.5, 0.6) is 0 Å². The summed E-state index contributed by atoms with van der Waals surface area (Å²) in [4.78, 5) is 13.5. The van der Waals surface area contributed by atoms with E-state index in [1.165, 1.54) is 18.3 Å². The number of Topliss-reactive ketones (excluding diaryl/α,β-unsaturated/α-hetero) is 1. The van der Waals surface area contributed by atoms with E-state index in [4.69, 9.17) is 4.74 Å². The van der Waals surface area contributed by atoms with Crippen LogP contribution in [0.1, 0.15) is 22.2 Å². The zero-order chi connectivity index (χ0) is 15.0. The van der Waals surface area contributed by atoms with Crippen molar-refractivity contribution in [3.63, 3.8) is 0 Å². The van der Waals surface area contributed by atoms with Crippen molar-refractivity contribution in [1.29, 1.82) is 0 Å². The third-order valence-electron chi connectivity index (χ3n) is 3.71. The summed E-state index contributed by atoms with van der Waals surface area (Å²) in [5.74, 6) is -0.347. The Hall–Kier alpha value is -0.760. The van der Waals surface area contributed by atoms with E-state index in [2.05, 4.69) is 0 Å². The Labute approximate surface area is 123 Å². The van der Waals surface area contributed by atoms with Gasteiger partial charge in [-0.15, -0.1) is 11.3 Å². The zero-order valence-electron chi connectivity index (χ0n) is 11.9. The fourth-order valence-corrected chi connectivity index (χ4v) is 4.42. The quantitative estimate of drug-likeness (QED) is 0.784. The minimum atomic E-state index is -3.57. The van der Waals surface area contributed by atoms with E-state index < -0.39 is 14.7 Å². The molecule has 0 amide bonds. The Bertz CT molecular complexity index is 602. The smallest absolute Gasteiger partial charge is 0.208 e. The van der Waals surface area contributed by atoms with Gasteiger partial charge in [0.1, 0.15) is 0 Å². The molecule has 20 heavy (non-hydrogen) atoms. The predicted octanol–water partition coefficient (Wildman–Crippen LogP) is 1.33. The molecule has 0 N–H and O–H groups in total. The van der Waals surface area contributed by atoms with Gasteiger partial charge in [-0.1, -0.05) is 0 Å². The van der Waals surface area contributed by atoms with Gasteiger partial charge in [0.05, 0.1) is 18.1 Å². The molecule has 1 aromatic heterocycles. The van der Waals surface area contributed by atoms with Crippen molar-refractivity contribution in [3.8, 4) is 0 Å². The molecule has 2 rings (SSSR count). The van der Waals surface area contributed by atoms with Crippen molar-refractivity contribution in [1.82, 2.24) is 4.90 Å². The van der Waals surface area contributed by atoms with Gasteiger partial charge in [0.25, 0.3) is 0 Å². The molecular formula is C13H19NO4S2. The van der Waals surface area contributed by atoms with Gasteiger partial charge in [0.2, 0.25) is 5.78 Å². The lowest BCUT2D eigenvalue weighted by molar-refractivity contribution is 0.0116. The van der Waals surface area contributed by atoms with Crippen molar-refractivity contribution in [2.45, 2.75) is 18.7 Å². The van der Waals surface area contributed by atoms with Gasteiger partial charge in [-0.25, -0.2) is 8.42 Å². The highest BCUT2D eigenvalue weighted by molar-refractivity contribution is 7.92. The van der Waals surface area contributed by atoms with E-state index in [1.807, 2.05) is 12.3 Å². The fourth-order valence-electron chi connectivity index (χ4n) is 2.32. The number of morpholine rings is 1. The van der Waals surface area contributed by atoms with Crippen LogP contribution in [0.4, 0.5) is 0 Å². The van der Waals surface area contributed by atoms with Crippen molar-refractivity contribution < 1.29 is 17.9 Å². The second-order valence-electron chi connectivity index (χ2n) is 5.17. The molecule has 112 valence electrons. The number of thiophene rings is 1. The van der Waals surface area contributed by atoms with Crippen LogP contribution in [-0.2, 0) is 14.6 Å². The van der Waals surface area contributed by atoms with Crippen LogP contribution in [-0.4, -0.2) is 56.5 Å². The topological polar surface area (TPSA) is 63.7 Å². The molecular weight excluding hydrogens is 298 g/mol. The first-order chi connectivity index (χ1) is 9.26. The normalized spacial score (nSPS) is 20.6. The summed E-state index contributed by atoms with van der Waals surface area (Å²) < 4.78 is 29.8. The number of aryl methyl sites for hydroxylation is 1. The van der Waals surface area contributed by atoms with E-state index in [9.17, 15) is 13.2 Å². The number of carbonyl (C=O) groups excluding carboxylic acids is 1. The molecule has 1 aliphatic rings. The second kappa shape index (κ2) is 5.55. The van der Waals surface area contributed by atoms with Crippen LogP contribution in [0, 0.1) is 6.92 Å². The number of hydrogen-bond donors (Lipinski definition) is 0. The summed E-state index contributed by atoms with van der Waals surface area (Å²) in [5, 5.41) is 1.86. The van der Waals surface area contributed by atoms with E-state index in [1.54, 1.807) is 11.0 Å². The summed E-state index contributed by atoms with van der Waals surface area (Å²) >= 11 is 1.29. The molecule has 0 radical (unpaired) electrons. The number of hydrogen-bond acceptors (Lipinski definition) is 6. The average molecular weight is 317 g/mol. The van der Waals surface area contributed by atoms with Crippen molar-refractivity contribution >= 4 is 27.0 Å². The molecule has 1 unspecified atom stereocenters. The van der Waals surface area contributed by atoms with Gasteiger partial charge < -0.3 is 4.74 Å². The fraction of sp³-hybridized carbons (Fsp3) is 0.615. The Balaban J connectivity index is 2.44. The average Bonchev–Trinajstić information content (AvgIpc) is 2.83. The van der Waals surface area contributed by atoms with Gasteiger partial charge in [-0.3, -0.25) is 9.69 Å². The van der Waals surface area contributed by atoms with E-state index in [0.717, 1.165) is 11.8 Å². The van der Waals surface area contributed by atoms with E-state index in [0.29, 0.717) is 31.2 Å². The zero-order valence-corrected chi connectivity index (χ0v) is 13.5. The highest BCUT2D eigenvalue weighted by Crippen LogP contribution is 2.30. The summed E-state index contributed by atoms with van der Waals surface area (Å²) in [6.45, 7) is 5.17. The first-order valence-corrected chi connectivity index (χ1v) is 9.16. The molecule has 0 spiro atoms. The Morgan fingerprint density at radius 3 is 2.45 bits per heavy atom. The van der Waals surface area contributed by atoms with Crippen LogP contribution in [0.2, 0.25) is 0 Å². The van der Waals surface area contributed by atoms with Crippen LogP contribution >= 0.6 is 11.3 Å². The monoisotopic (exact) mass is 317 g/mol. The lowest BCUT2D eigenvalue weighted by atomic mass is 10.1. The maximum absolute atomic E-state index is 12.8.